The van der Waals surface area contributed by atoms with Gasteiger partial charge in [0.2, 0.25) is 0 Å². The molecular weight excluding hydrogens is 314 g/mol. The van der Waals surface area contributed by atoms with Crippen molar-refractivity contribution < 1.29 is 14.3 Å². The normalized spacial score (nSPS) is 10.3. The van der Waals surface area contributed by atoms with Gasteiger partial charge in [0, 0.05) is 11.6 Å². The van der Waals surface area contributed by atoms with Crippen molar-refractivity contribution in [2.75, 3.05) is 13.7 Å². The number of methoxy groups -OCH3 is 1. The summed E-state index contributed by atoms with van der Waals surface area (Å²) in [7, 11) is 1.62. The van der Waals surface area contributed by atoms with Crippen molar-refractivity contribution in [3.8, 4) is 11.5 Å². The van der Waals surface area contributed by atoms with E-state index in [1.807, 2.05) is 50.2 Å². The van der Waals surface area contributed by atoms with Crippen LogP contribution in [-0.2, 0) is 11.3 Å². The lowest BCUT2D eigenvalue weighted by atomic mass is 10.1. The molecule has 0 saturated heterocycles. The van der Waals surface area contributed by atoms with Crippen LogP contribution in [-0.4, -0.2) is 19.6 Å². The summed E-state index contributed by atoms with van der Waals surface area (Å²) in [5.41, 5.74) is 2.86. The second kappa shape index (κ2) is 7.88. The summed E-state index contributed by atoms with van der Waals surface area (Å²) in [5.74, 6) is 1.26. The van der Waals surface area contributed by atoms with Crippen LogP contribution in [0.4, 0.5) is 0 Å². The third-order valence-corrected chi connectivity index (χ3v) is 4.02. The molecule has 2 aromatic carbocycles. The highest BCUT2D eigenvalue weighted by atomic mass is 35.5. The molecule has 2 aromatic rings. The minimum absolute atomic E-state index is 0.0311. The molecule has 0 unspecified atom stereocenters. The monoisotopic (exact) mass is 333 g/mol. The van der Waals surface area contributed by atoms with Gasteiger partial charge in [0.1, 0.15) is 11.5 Å². The first-order valence-corrected chi connectivity index (χ1v) is 7.66. The summed E-state index contributed by atoms with van der Waals surface area (Å²) >= 11 is 6.11. The molecule has 5 heteroatoms. The van der Waals surface area contributed by atoms with E-state index in [0.717, 1.165) is 27.5 Å². The summed E-state index contributed by atoms with van der Waals surface area (Å²) in [6.07, 6.45) is 0. The molecule has 4 nitrogen and oxygen atoms in total. The van der Waals surface area contributed by atoms with Crippen molar-refractivity contribution in [2.45, 2.75) is 20.4 Å². The Morgan fingerprint density at radius 3 is 2.26 bits per heavy atom. The molecule has 0 heterocycles. The average Bonchev–Trinajstić information content (AvgIpc) is 2.56. The van der Waals surface area contributed by atoms with E-state index >= 15 is 0 Å². The van der Waals surface area contributed by atoms with Crippen LogP contribution in [0.25, 0.3) is 0 Å². The first-order chi connectivity index (χ1) is 11.0. The first kappa shape index (κ1) is 17.2. The Kier molecular flexibility index (Phi) is 5.88. The lowest BCUT2D eigenvalue weighted by Crippen LogP contribution is -2.28. The molecule has 0 aliphatic heterocycles. The van der Waals surface area contributed by atoms with Crippen LogP contribution in [0, 0.1) is 13.8 Å². The summed E-state index contributed by atoms with van der Waals surface area (Å²) in [6.45, 7) is 4.24. The first-order valence-electron chi connectivity index (χ1n) is 7.29. The number of carbonyl (C=O) groups excluding carboxylic acids is 1. The number of hydrogen-bond acceptors (Lipinski definition) is 3. The average molecular weight is 334 g/mol. The molecule has 0 bridgehead atoms. The Bertz CT molecular complexity index is 660. The van der Waals surface area contributed by atoms with Crippen molar-refractivity contribution in [3.63, 3.8) is 0 Å². The van der Waals surface area contributed by atoms with Gasteiger partial charge in [-0.1, -0.05) is 23.7 Å². The van der Waals surface area contributed by atoms with Crippen molar-refractivity contribution >= 4 is 17.5 Å². The number of hydrogen-bond donors (Lipinski definition) is 1. The van der Waals surface area contributed by atoms with E-state index in [4.69, 9.17) is 21.1 Å². The highest BCUT2D eigenvalue weighted by Gasteiger charge is 2.06. The number of benzene rings is 2. The number of nitrogens with one attached hydrogen (secondary N) is 1. The highest BCUT2D eigenvalue weighted by Crippen LogP contribution is 2.25. The molecule has 1 amide bonds. The van der Waals surface area contributed by atoms with Gasteiger partial charge in [0.15, 0.2) is 6.61 Å². The fourth-order valence-corrected chi connectivity index (χ4v) is 2.24. The number of ether oxygens (including phenoxy) is 2. The van der Waals surface area contributed by atoms with Crippen LogP contribution in [0.5, 0.6) is 11.5 Å². The van der Waals surface area contributed by atoms with Gasteiger partial charge in [-0.25, -0.2) is 0 Å². The van der Waals surface area contributed by atoms with Gasteiger partial charge in [-0.3, -0.25) is 4.79 Å². The van der Waals surface area contributed by atoms with Crippen LogP contribution in [0.1, 0.15) is 16.7 Å². The molecular formula is C18H20ClNO3. The zero-order chi connectivity index (χ0) is 16.8. The molecule has 122 valence electrons. The van der Waals surface area contributed by atoms with Crippen molar-refractivity contribution in [1.82, 2.24) is 5.32 Å². The molecule has 23 heavy (non-hydrogen) atoms. The fraction of sp³-hybridized carbons (Fsp3) is 0.278. The molecule has 2 rings (SSSR count). The van der Waals surface area contributed by atoms with Crippen molar-refractivity contribution in [3.05, 3.63) is 58.1 Å². The van der Waals surface area contributed by atoms with Crippen LogP contribution >= 0.6 is 11.6 Å². The maximum Gasteiger partial charge on any atom is 0.258 e. The second-order valence-electron chi connectivity index (χ2n) is 5.28. The largest absolute Gasteiger partial charge is 0.497 e. The molecule has 0 atom stereocenters. The van der Waals surface area contributed by atoms with E-state index < -0.39 is 0 Å². The third-order valence-electron chi connectivity index (χ3n) is 3.43. The minimum Gasteiger partial charge on any atom is -0.497 e. The quantitative estimate of drug-likeness (QED) is 0.877. The van der Waals surface area contributed by atoms with Crippen molar-refractivity contribution in [2.24, 2.45) is 0 Å². The predicted octanol–water partition coefficient (Wildman–Crippen LogP) is 3.66. The van der Waals surface area contributed by atoms with Gasteiger partial charge >= 0.3 is 0 Å². The van der Waals surface area contributed by atoms with E-state index in [-0.39, 0.29) is 12.5 Å². The molecule has 0 fully saturated rings. The smallest absolute Gasteiger partial charge is 0.258 e. The molecule has 0 aromatic heterocycles. The van der Waals surface area contributed by atoms with Gasteiger partial charge in [0.25, 0.3) is 5.91 Å². The van der Waals surface area contributed by atoms with E-state index in [9.17, 15) is 4.79 Å². The Morgan fingerprint density at radius 2 is 1.70 bits per heavy atom. The maximum absolute atomic E-state index is 11.9. The summed E-state index contributed by atoms with van der Waals surface area (Å²) in [4.78, 5) is 11.9. The number of aryl methyl sites for hydroxylation is 2. The maximum atomic E-state index is 11.9. The molecule has 0 saturated carbocycles. The standard InChI is InChI=1S/C18H20ClNO3/c1-12-8-16(9-13(2)18(12)19)23-11-17(21)20-10-14-4-6-15(22-3)7-5-14/h4-9H,10-11H2,1-3H3,(H,20,21). The highest BCUT2D eigenvalue weighted by molar-refractivity contribution is 6.32. The lowest BCUT2D eigenvalue weighted by molar-refractivity contribution is -0.123. The molecule has 1 N–H and O–H groups in total. The van der Waals surface area contributed by atoms with E-state index in [2.05, 4.69) is 5.32 Å². The van der Waals surface area contributed by atoms with E-state index in [1.54, 1.807) is 7.11 Å². The number of rotatable bonds is 6. The van der Waals surface area contributed by atoms with Gasteiger partial charge in [-0.05, 0) is 54.8 Å². The molecule has 0 aliphatic rings. The van der Waals surface area contributed by atoms with Gasteiger partial charge in [0.05, 0.1) is 7.11 Å². The molecule has 0 radical (unpaired) electrons. The summed E-state index contributed by atoms with van der Waals surface area (Å²) < 4.78 is 10.6. The number of carbonyl (C=O) groups is 1. The van der Waals surface area contributed by atoms with Crippen LogP contribution in [0.15, 0.2) is 36.4 Å². The molecule has 0 spiro atoms. The van der Waals surface area contributed by atoms with Gasteiger partial charge < -0.3 is 14.8 Å². The Hall–Kier alpha value is -2.20. The van der Waals surface area contributed by atoms with Crippen LogP contribution in [0.2, 0.25) is 5.02 Å². The Morgan fingerprint density at radius 1 is 1.09 bits per heavy atom. The zero-order valence-corrected chi connectivity index (χ0v) is 14.2. The molecule has 0 aliphatic carbocycles. The topological polar surface area (TPSA) is 47.6 Å². The van der Waals surface area contributed by atoms with E-state index in [0.29, 0.717) is 12.3 Å². The van der Waals surface area contributed by atoms with Crippen LogP contribution in [0.3, 0.4) is 0 Å². The van der Waals surface area contributed by atoms with Crippen LogP contribution < -0.4 is 14.8 Å². The van der Waals surface area contributed by atoms with Crippen molar-refractivity contribution in [1.29, 1.82) is 0 Å². The number of amides is 1. The summed E-state index contributed by atoms with van der Waals surface area (Å²) in [6, 6.07) is 11.2. The Labute approximate surface area is 141 Å². The van der Waals surface area contributed by atoms with E-state index in [1.165, 1.54) is 0 Å². The number of halogens is 1. The third kappa shape index (κ3) is 4.89. The fourth-order valence-electron chi connectivity index (χ4n) is 2.13. The zero-order valence-electron chi connectivity index (χ0n) is 13.5. The predicted molar refractivity (Wildman–Crippen MR) is 91.3 cm³/mol. The Balaban J connectivity index is 1.83. The minimum atomic E-state index is -0.175. The SMILES string of the molecule is COc1ccc(CNC(=O)COc2cc(C)c(Cl)c(C)c2)cc1. The lowest BCUT2D eigenvalue weighted by Gasteiger charge is -2.10. The van der Waals surface area contributed by atoms with Gasteiger partial charge in [-0.2, -0.15) is 0 Å². The summed E-state index contributed by atoms with van der Waals surface area (Å²) in [5, 5.41) is 3.54. The van der Waals surface area contributed by atoms with Gasteiger partial charge in [-0.15, -0.1) is 0 Å². The second-order valence-corrected chi connectivity index (χ2v) is 5.66.